The summed E-state index contributed by atoms with van der Waals surface area (Å²) in [4.78, 5) is 42.4. The predicted octanol–water partition coefficient (Wildman–Crippen LogP) is 2.52. The lowest BCUT2D eigenvalue weighted by atomic mass is 10.1. The molecular weight excluding hydrogens is 403 g/mol. The van der Waals surface area contributed by atoms with Crippen molar-refractivity contribution in [3.05, 3.63) is 42.3 Å². The second-order valence-corrected chi connectivity index (χ2v) is 7.65. The highest BCUT2D eigenvalue weighted by Gasteiger charge is 2.32. The maximum atomic E-state index is 14.9. The number of benzene rings is 1. The van der Waals surface area contributed by atoms with Gasteiger partial charge in [0.2, 0.25) is 5.91 Å². The molecule has 0 spiro atoms. The van der Waals surface area contributed by atoms with Crippen LogP contribution in [0.3, 0.4) is 0 Å². The molecule has 1 aromatic heterocycles. The average molecular weight is 426 g/mol. The van der Waals surface area contributed by atoms with Crippen LogP contribution in [0.1, 0.15) is 19.8 Å². The van der Waals surface area contributed by atoms with Gasteiger partial charge in [0, 0.05) is 50.2 Å². The highest BCUT2D eigenvalue weighted by Crippen LogP contribution is 2.29. The minimum absolute atomic E-state index is 0.210. The summed E-state index contributed by atoms with van der Waals surface area (Å²) in [5, 5.41) is 2.61. The number of hydrogen-bond acceptors (Lipinski definition) is 6. The molecule has 2 saturated heterocycles. The van der Waals surface area contributed by atoms with Gasteiger partial charge in [-0.05, 0) is 30.3 Å². The first-order valence-electron chi connectivity index (χ1n) is 10.2. The lowest BCUT2D eigenvalue weighted by molar-refractivity contribution is -0.120. The van der Waals surface area contributed by atoms with E-state index in [1.807, 2.05) is 11.0 Å². The third-order valence-corrected chi connectivity index (χ3v) is 5.42. The van der Waals surface area contributed by atoms with Crippen molar-refractivity contribution < 1.29 is 23.5 Å². The molecule has 31 heavy (non-hydrogen) atoms. The van der Waals surface area contributed by atoms with E-state index >= 15 is 0 Å². The number of halogens is 1. The van der Waals surface area contributed by atoms with Gasteiger partial charge in [0.1, 0.15) is 23.5 Å². The predicted molar refractivity (Wildman–Crippen MR) is 112 cm³/mol. The second-order valence-electron chi connectivity index (χ2n) is 7.65. The van der Waals surface area contributed by atoms with Gasteiger partial charge in [0.15, 0.2) is 0 Å². The van der Waals surface area contributed by atoms with Crippen molar-refractivity contribution in [3.63, 3.8) is 0 Å². The monoisotopic (exact) mass is 426 g/mol. The van der Waals surface area contributed by atoms with Crippen molar-refractivity contribution in [2.75, 3.05) is 36.0 Å². The van der Waals surface area contributed by atoms with Gasteiger partial charge in [0.25, 0.3) is 0 Å². The summed E-state index contributed by atoms with van der Waals surface area (Å²) in [6, 6.07) is 8.18. The minimum atomic E-state index is -0.575. The number of cyclic esters (lactones) is 1. The van der Waals surface area contributed by atoms with Crippen molar-refractivity contribution in [1.29, 1.82) is 0 Å². The van der Waals surface area contributed by atoms with Gasteiger partial charge in [-0.3, -0.25) is 14.5 Å². The summed E-state index contributed by atoms with van der Waals surface area (Å²) in [6.07, 6.45) is 1.58. The summed E-state index contributed by atoms with van der Waals surface area (Å²) < 4.78 is 20.1. The second kappa shape index (κ2) is 8.71. The highest BCUT2D eigenvalue weighted by molar-refractivity contribution is 5.90. The number of anilines is 2. The first kappa shape index (κ1) is 20.8. The first-order valence-corrected chi connectivity index (χ1v) is 10.2. The third kappa shape index (κ3) is 4.65. The molecule has 1 atom stereocenters. The molecule has 1 N–H and O–H groups in total. The van der Waals surface area contributed by atoms with E-state index in [0.717, 1.165) is 5.82 Å². The van der Waals surface area contributed by atoms with Crippen LogP contribution < -0.4 is 15.1 Å². The third-order valence-electron chi connectivity index (χ3n) is 5.42. The molecule has 3 heterocycles. The van der Waals surface area contributed by atoms with Gasteiger partial charge < -0.3 is 15.0 Å². The number of carbonyl (C=O) groups is 3. The lowest BCUT2D eigenvalue weighted by Crippen LogP contribution is -2.34. The molecule has 1 aromatic carbocycles. The van der Waals surface area contributed by atoms with Gasteiger partial charge in [0.05, 0.1) is 18.8 Å². The molecule has 2 amide bonds. The fourth-order valence-corrected chi connectivity index (χ4v) is 3.72. The van der Waals surface area contributed by atoms with Crippen LogP contribution >= 0.6 is 0 Å². The van der Waals surface area contributed by atoms with Crippen molar-refractivity contribution in [3.8, 4) is 11.1 Å². The maximum Gasteiger partial charge on any atom is 0.414 e. The van der Waals surface area contributed by atoms with E-state index in [2.05, 4.69) is 10.3 Å². The molecule has 0 radical (unpaired) electrons. The Bertz CT molecular complexity index is 1000. The molecule has 8 nitrogen and oxygen atoms in total. The number of pyridine rings is 1. The normalized spacial score (nSPS) is 18.8. The zero-order chi connectivity index (χ0) is 22.0. The Kier molecular flexibility index (Phi) is 5.83. The average Bonchev–Trinajstić information content (AvgIpc) is 3.13. The Morgan fingerprint density at radius 3 is 2.65 bits per heavy atom. The number of amides is 2. The van der Waals surface area contributed by atoms with Crippen LogP contribution in [0.15, 0.2) is 36.5 Å². The number of carbonyl (C=O) groups excluding carboxylic acids is 3. The van der Waals surface area contributed by atoms with Crippen molar-refractivity contribution in [2.45, 2.75) is 25.9 Å². The number of nitrogens with one attached hydrogen (secondary N) is 1. The zero-order valence-electron chi connectivity index (χ0n) is 17.1. The molecule has 0 saturated carbocycles. The maximum absolute atomic E-state index is 14.9. The fourth-order valence-electron chi connectivity index (χ4n) is 3.72. The standard InChI is InChI=1S/C22H23FN4O4/c1-14(28)24-12-18-13-27(22(30)31-18)16-3-4-19(20(23)10-16)15-2-5-21(25-11-15)26-8-6-17(29)7-9-26/h2-5,10-11,18H,6-9,12-13H2,1H3,(H,24,28)/t18-/m0/s1. The van der Waals surface area contributed by atoms with E-state index in [9.17, 15) is 18.8 Å². The quantitative estimate of drug-likeness (QED) is 0.790. The number of piperidine rings is 1. The first-order chi connectivity index (χ1) is 14.9. The van der Waals surface area contributed by atoms with Crippen molar-refractivity contribution >= 4 is 29.3 Å². The van der Waals surface area contributed by atoms with Crippen LogP contribution in [-0.4, -0.2) is 55.1 Å². The summed E-state index contributed by atoms with van der Waals surface area (Å²) in [5.74, 6) is 0.337. The van der Waals surface area contributed by atoms with Gasteiger partial charge in [-0.2, -0.15) is 0 Å². The Labute approximate surface area is 179 Å². The van der Waals surface area contributed by atoms with Crippen LogP contribution in [0, 0.1) is 5.82 Å². The van der Waals surface area contributed by atoms with Crippen LogP contribution in [0.25, 0.3) is 11.1 Å². The Morgan fingerprint density at radius 2 is 2.00 bits per heavy atom. The molecule has 9 heteroatoms. The van der Waals surface area contributed by atoms with E-state index < -0.39 is 18.0 Å². The Balaban J connectivity index is 1.46. The number of aromatic nitrogens is 1. The number of Topliss-reactive ketones (excluding diaryl/α,β-unsaturated/α-hetero) is 1. The highest BCUT2D eigenvalue weighted by atomic mass is 19.1. The molecular formula is C22H23FN4O4. The van der Waals surface area contributed by atoms with Crippen LogP contribution in [-0.2, 0) is 14.3 Å². The molecule has 0 aliphatic carbocycles. The molecule has 0 unspecified atom stereocenters. The van der Waals surface area contributed by atoms with Crippen LogP contribution in [0.5, 0.6) is 0 Å². The Hall–Kier alpha value is -3.49. The van der Waals surface area contributed by atoms with E-state index in [-0.39, 0.29) is 24.8 Å². The molecule has 2 aliphatic rings. The number of nitrogens with zero attached hydrogens (tertiary/aromatic N) is 3. The number of hydrogen-bond donors (Lipinski definition) is 1. The minimum Gasteiger partial charge on any atom is -0.442 e. The van der Waals surface area contributed by atoms with Crippen molar-refractivity contribution in [1.82, 2.24) is 10.3 Å². The number of ether oxygens (including phenoxy) is 1. The topological polar surface area (TPSA) is 91.8 Å². The molecule has 2 aliphatic heterocycles. The fraction of sp³-hybridized carbons (Fsp3) is 0.364. The molecule has 0 bridgehead atoms. The number of ketones is 1. The number of rotatable bonds is 5. The largest absolute Gasteiger partial charge is 0.442 e. The van der Waals surface area contributed by atoms with Crippen LogP contribution in [0.4, 0.5) is 20.7 Å². The molecule has 162 valence electrons. The summed E-state index contributed by atoms with van der Waals surface area (Å²) in [6.45, 7) is 3.11. The van der Waals surface area contributed by atoms with Gasteiger partial charge >= 0.3 is 6.09 Å². The van der Waals surface area contributed by atoms with E-state index in [1.165, 1.54) is 17.9 Å². The van der Waals surface area contributed by atoms with E-state index in [4.69, 9.17) is 4.74 Å². The summed E-state index contributed by atoms with van der Waals surface area (Å²) >= 11 is 0. The van der Waals surface area contributed by atoms with Gasteiger partial charge in [-0.25, -0.2) is 14.2 Å². The van der Waals surface area contributed by atoms with Crippen LogP contribution in [0.2, 0.25) is 0 Å². The van der Waals surface area contributed by atoms with Crippen molar-refractivity contribution in [2.24, 2.45) is 0 Å². The Morgan fingerprint density at radius 1 is 1.23 bits per heavy atom. The van der Waals surface area contributed by atoms with Gasteiger partial charge in [-0.15, -0.1) is 0 Å². The van der Waals surface area contributed by atoms with E-state index in [0.29, 0.717) is 42.7 Å². The zero-order valence-corrected chi connectivity index (χ0v) is 17.1. The van der Waals surface area contributed by atoms with E-state index in [1.54, 1.807) is 24.4 Å². The molecule has 2 fully saturated rings. The summed E-state index contributed by atoms with van der Waals surface area (Å²) in [7, 11) is 0. The lowest BCUT2D eigenvalue weighted by Gasteiger charge is -2.27. The SMILES string of the molecule is CC(=O)NC[C@H]1CN(c2ccc(-c3ccc(N4CCC(=O)CC4)nc3)c(F)c2)C(=O)O1. The summed E-state index contributed by atoms with van der Waals surface area (Å²) in [5.41, 5.74) is 1.38. The molecule has 2 aromatic rings. The van der Waals surface area contributed by atoms with Gasteiger partial charge in [-0.1, -0.05) is 0 Å². The molecule has 4 rings (SSSR count). The smallest absolute Gasteiger partial charge is 0.414 e.